The number of hydrogen-bond acceptors (Lipinski definition) is 6. The molecule has 0 spiro atoms. The molecule has 1 aliphatic carbocycles. The van der Waals surface area contributed by atoms with Gasteiger partial charge in [0.1, 0.15) is 23.9 Å². The first-order chi connectivity index (χ1) is 19.0. The Bertz CT molecular complexity index is 1390. The van der Waals surface area contributed by atoms with Crippen molar-refractivity contribution in [1.29, 1.82) is 0 Å². The minimum absolute atomic E-state index is 0.0616. The Hall–Kier alpha value is -4.32. The van der Waals surface area contributed by atoms with Crippen LogP contribution in [0.3, 0.4) is 0 Å². The molecule has 3 atom stereocenters. The summed E-state index contributed by atoms with van der Waals surface area (Å²) >= 11 is 0. The van der Waals surface area contributed by atoms with Crippen molar-refractivity contribution < 1.29 is 23.8 Å². The highest BCUT2D eigenvalue weighted by molar-refractivity contribution is 5.96. The van der Waals surface area contributed by atoms with Gasteiger partial charge in [-0.1, -0.05) is 60.7 Å². The van der Waals surface area contributed by atoms with Crippen LogP contribution < -0.4 is 14.8 Å². The first-order valence-corrected chi connectivity index (χ1v) is 13.3. The van der Waals surface area contributed by atoms with E-state index in [4.69, 9.17) is 14.2 Å². The molecular formula is C33H33NO5. The molecule has 0 radical (unpaired) electrons. The second-order valence-electron chi connectivity index (χ2n) is 9.85. The lowest BCUT2D eigenvalue weighted by Gasteiger charge is -2.39. The molecule has 0 bridgehead atoms. The maximum atomic E-state index is 13.8. The first kappa shape index (κ1) is 26.3. The molecule has 6 heteroatoms. The van der Waals surface area contributed by atoms with Crippen LogP contribution in [0.25, 0.3) is 0 Å². The maximum Gasteiger partial charge on any atom is 0.336 e. The molecule has 3 aromatic carbocycles. The Balaban J connectivity index is 1.47. The zero-order valence-electron chi connectivity index (χ0n) is 22.5. The third-order valence-electron chi connectivity index (χ3n) is 7.39. The second kappa shape index (κ2) is 11.6. The van der Waals surface area contributed by atoms with Crippen LogP contribution in [-0.2, 0) is 20.9 Å². The minimum Gasteiger partial charge on any atom is -0.497 e. The normalized spacial score (nSPS) is 20.4. The molecule has 200 valence electrons. The average molecular weight is 524 g/mol. The van der Waals surface area contributed by atoms with Gasteiger partial charge in [0.2, 0.25) is 0 Å². The molecule has 1 aliphatic heterocycles. The van der Waals surface area contributed by atoms with Crippen molar-refractivity contribution in [1.82, 2.24) is 5.32 Å². The quantitative estimate of drug-likeness (QED) is 0.362. The molecule has 5 rings (SSSR count). The number of benzene rings is 3. The van der Waals surface area contributed by atoms with Gasteiger partial charge >= 0.3 is 5.97 Å². The van der Waals surface area contributed by atoms with Crippen LogP contribution in [0.15, 0.2) is 102 Å². The maximum absolute atomic E-state index is 13.8. The van der Waals surface area contributed by atoms with E-state index in [1.54, 1.807) is 14.0 Å². The Morgan fingerprint density at radius 2 is 1.56 bits per heavy atom. The Morgan fingerprint density at radius 1 is 0.897 bits per heavy atom. The number of nitrogens with one attached hydrogen (secondary N) is 1. The molecule has 39 heavy (non-hydrogen) atoms. The lowest BCUT2D eigenvalue weighted by atomic mass is 9.68. The van der Waals surface area contributed by atoms with Crippen molar-refractivity contribution in [3.05, 3.63) is 119 Å². The molecule has 0 amide bonds. The second-order valence-corrected chi connectivity index (χ2v) is 9.85. The highest BCUT2D eigenvalue weighted by atomic mass is 16.5. The highest BCUT2D eigenvalue weighted by Gasteiger charge is 2.45. The SMILES string of the molecule is CCOC(=O)C1=C(C)NC2=CC(c3ccc(OC)cc3)CC(=O)C2C1c1ccc(OCc2ccccc2)cc1. The summed E-state index contributed by atoms with van der Waals surface area (Å²) in [5.74, 6) is 0.165. The Kier molecular flexibility index (Phi) is 7.82. The number of carbonyl (C=O) groups excluding carboxylic acids is 2. The number of allylic oxidation sites excluding steroid dienone is 3. The topological polar surface area (TPSA) is 73.9 Å². The predicted molar refractivity (Wildman–Crippen MR) is 149 cm³/mol. The van der Waals surface area contributed by atoms with Crippen molar-refractivity contribution in [2.75, 3.05) is 13.7 Å². The van der Waals surface area contributed by atoms with Gasteiger partial charge in [-0.15, -0.1) is 0 Å². The summed E-state index contributed by atoms with van der Waals surface area (Å²) in [5.41, 5.74) is 5.02. The van der Waals surface area contributed by atoms with Crippen LogP contribution in [-0.4, -0.2) is 25.5 Å². The van der Waals surface area contributed by atoms with E-state index < -0.39 is 17.8 Å². The fourth-order valence-corrected chi connectivity index (χ4v) is 5.49. The zero-order chi connectivity index (χ0) is 27.4. The molecule has 3 aromatic rings. The summed E-state index contributed by atoms with van der Waals surface area (Å²) in [6.07, 6.45) is 2.48. The van der Waals surface area contributed by atoms with E-state index in [-0.39, 0.29) is 18.3 Å². The zero-order valence-corrected chi connectivity index (χ0v) is 22.5. The van der Waals surface area contributed by atoms with E-state index in [0.29, 0.717) is 24.3 Å². The van der Waals surface area contributed by atoms with Gasteiger partial charge in [-0.3, -0.25) is 4.79 Å². The van der Waals surface area contributed by atoms with Crippen molar-refractivity contribution in [2.24, 2.45) is 5.92 Å². The molecule has 0 aromatic heterocycles. The summed E-state index contributed by atoms with van der Waals surface area (Å²) in [6.45, 7) is 4.38. The first-order valence-electron chi connectivity index (χ1n) is 13.3. The van der Waals surface area contributed by atoms with Gasteiger partial charge in [0, 0.05) is 29.7 Å². The third kappa shape index (κ3) is 5.60. The fourth-order valence-electron chi connectivity index (χ4n) is 5.49. The molecule has 0 saturated carbocycles. The van der Waals surface area contributed by atoms with Gasteiger partial charge in [0.05, 0.1) is 25.2 Å². The lowest BCUT2D eigenvalue weighted by molar-refractivity contribution is -0.139. The van der Waals surface area contributed by atoms with Crippen LogP contribution >= 0.6 is 0 Å². The van der Waals surface area contributed by atoms with Gasteiger partial charge < -0.3 is 19.5 Å². The number of fused-ring (bicyclic) bond motifs is 1. The monoisotopic (exact) mass is 523 g/mol. The van der Waals surface area contributed by atoms with Crippen molar-refractivity contribution in [3.8, 4) is 11.5 Å². The standard InChI is InChI=1S/C33H33NO5/c1-4-38-33(36)30-21(2)34-28-18-25(23-10-14-26(37-3)15-11-23)19-29(35)32(28)31(30)24-12-16-27(17-13-24)39-20-22-8-6-5-7-9-22/h5-18,25,31-32,34H,4,19-20H2,1-3H3. The van der Waals surface area contributed by atoms with Crippen molar-refractivity contribution in [2.45, 2.75) is 38.7 Å². The predicted octanol–water partition coefficient (Wildman–Crippen LogP) is 6.05. The fraction of sp³-hybridized carbons (Fsp3) is 0.273. The van der Waals surface area contributed by atoms with Crippen LogP contribution in [0.4, 0.5) is 0 Å². The van der Waals surface area contributed by atoms with E-state index in [2.05, 4.69) is 11.4 Å². The summed E-state index contributed by atoms with van der Waals surface area (Å²) in [4.78, 5) is 26.9. The summed E-state index contributed by atoms with van der Waals surface area (Å²) < 4.78 is 16.7. The van der Waals surface area contributed by atoms with Crippen molar-refractivity contribution >= 4 is 11.8 Å². The van der Waals surface area contributed by atoms with Gasteiger partial charge in [-0.05, 0) is 54.8 Å². The number of Topliss-reactive ketones (excluding diaryl/α,β-unsaturated/α-hetero) is 1. The number of carbonyl (C=O) groups is 2. The van der Waals surface area contributed by atoms with Crippen LogP contribution in [0.2, 0.25) is 0 Å². The molecule has 0 fully saturated rings. The Labute approximate surface area is 229 Å². The number of methoxy groups -OCH3 is 1. The van der Waals surface area contributed by atoms with Crippen LogP contribution in [0.5, 0.6) is 11.5 Å². The Morgan fingerprint density at radius 3 is 2.23 bits per heavy atom. The van der Waals surface area contributed by atoms with E-state index >= 15 is 0 Å². The number of rotatable bonds is 8. The average Bonchev–Trinajstić information content (AvgIpc) is 2.96. The largest absolute Gasteiger partial charge is 0.497 e. The highest BCUT2D eigenvalue weighted by Crippen LogP contribution is 2.46. The van der Waals surface area contributed by atoms with Crippen LogP contribution in [0.1, 0.15) is 48.8 Å². The molecular weight excluding hydrogens is 490 g/mol. The number of ketones is 1. The van der Waals surface area contributed by atoms with Gasteiger partial charge in [0.25, 0.3) is 0 Å². The molecule has 0 saturated heterocycles. The summed E-state index contributed by atoms with van der Waals surface area (Å²) in [6, 6.07) is 25.5. The number of hydrogen-bond donors (Lipinski definition) is 1. The van der Waals surface area contributed by atoms with Gasteiger partial charge in [-0.25, -0.2) is 4.79 Å². The molecule has 3 unspecified atom stereocenters. The van der Waals surface area contributed by atoms with Gasteiger partial charge in [0.15, 0.2) is 0 Å². The molecule has 1 heterocycles. The smallest absolute Gasteiger partial charge is 0.336 e. The number of esters is 1. The lowest BCUT2D eigenvalue weighted by Crippen LogP contribution is -2.41. The van der Waals surface area contributed by atoms with Gasteiger partial charge in [-0.2, -0.15) is 0 Å². The molecule has 2 aliphatic rings. The minimum atomic E-state index is -0.501. The van der Waals surface area contributed by atoms with E-state index in [1.807, 2.05) is 85.8 Å². The van der Waals surface area contributed by atoms with E-state index in [9.17, 15) is 9.59 Å². The van der Waals surface area contributed by atoms with Crippen LogP contribution in [0, 0.1) is 5.92 Å². The molecule has 1 N–H and O–H groups in total. The van der Waals surface area contributed by atoms with E-state index in [1.165, 1.54) is 0 Å². The van der Waals surface area contributed by atoms with Crippen molar-refractivity contribution in [3.63, 3.8) is 0 Å². The summed E-state index contributed by atoms with van der Waals surface area (Å²) in [7, 11) is 1.63. The number of ether oxygens (including phenoxy) is 3. The summed E-state index contributed by atoms with van der Waals surface area (Å²) in [5, 5.41) is 3.38. The molecule has 6 nitrogen and oxygen atoms in total. The third-order valence-corrected chi connectivity index (χ3v) is 7.39. The van der Waals surface area contributed by atoms with E-state index in [0.717, 1.165) is 33.9 Å².